The Labute approximate surface area is 102 Å². The fourth-order valence-electron chi connectivity index (χ4n) is 2.43. The van der Waals surface area contributed by atoms with E-state index in [0.29, 0.717) is 0 Å². The highest BCUT2D eigenvalue weighted by Crippen LogP contribution is 2.11. The van der Waals surface area contributed by atoms with E-state index in [0.717, 1.165) is 50.9 Å². The van der Waals surface area contributed by atoms with Gasteiger partial charge in [-0.05, 0) is 56.5 Å². The van der Waals surface area contributed by atoms with E-state index in [-0.39, 0.29) is 11.9 Å². The molecule has 1 aliphatic rings. The summed E-state index contributed by atoms with van der Waals surface area (Å²) in [6.07, 6.45) is 3.79. The summed E-state index contributed by atoms with van der Waals surface area (Å²) >= 11 is 0. The minimum absolute atomic E-state index is 0.155. The van der Waals surface area contributed by atoms with Gasteiger partial charge in [-0.25, -0.2) is 4.39 Å². The van der Waals surface area contributed by atoms with Gasteiger partial charge in [0.15, 0.2) is 0 Å². The normalized spacial score (nSPS) is 21.6. The standard InChI is InChI=1S/C14H20FNO/c15-13-6-1-4-12(10-13)5-2-8-16-9-3-7-14(17)11-16/h1,4,6,10,14,17H,2-3,5,7-9,11H2. The highest BCUT2D eigenvalue weighted by molar-refractivity contribution is 5.16. The molecule has 0 radical (unpaired) electrons. The highest BCUT2D eigenvalue weighted by Gasteiger charge is 2.16. The number of rotatable bonds is 4. The highest BCUT2D eigenvalue weighted by atomic mass is 19.1. The molecule has 17 heavy (non-hydrogen) atoms. The number of aliphatic hydroxyl groups excluding tert-OH is 1. The maximum Gasteiger partial charge on any atom is 0.123 e. The zero-order valence-electron chi connectivity index (χ0n) is 10.1. The monoisotopic (exact) mass is 237 g/mol. The molecule has 0 saturated carbocycles. The lowest BCUT2D eigenvalue weighted by atomic mass is 10.1. The van der Waals surface area contributed by atoms with Crippen LogP contribution in [0.2, 0.25) is 0 Å². The summed E-state index contributed by atoms with van der Waals surface area (Å²) in [6, 6.07) is 6.80. The van der Waals surface area contributed by atoms with Crippen molar-refractivity contribution in [2.75, 3.05) is 19.6 Å². The van der Waals surface area contributed by atoms with Crippen molar-refractivity contribution in [1.29, 1.82) is 0 Å². The van der Waals surface area contributed by atoms with Gasteiger partial charge >= 0.3 is 0 Å². The third-order valence-corrected chi connectivity index (χ3v) is 3.31. The Morgan fingerprint density at radius 3 is 3.06 bits per heavy atom. The second kappa shape index (κ2) is 6.12. The van der Waals surface area contributed by atoms with Crippen LogP contribution >= 0.6 is 0 Å². The topological polar surface area (TPSA) is 23.5 Å². The van der Waals surface area contributed by atoms with Crippen molar-refractivity contribution in [3.63, 3.8) is 0 Å². The number of aryl methyl sites for hydroxylation is 1. The van der Waals surface area contributed by atoms with E-state index >= 15 is 0 Å². The maximum atomic E-state index is 13.0. The molecule has 1 atom stereocenters. The SMILES string of the molecule is OC1CCCN(CCCc2cccc(F)c2)C1. The van der Waals surface area contributed by atoms with E-state index in [4.69, 9.17) is 0 Å². The van der Waals surface area contributed by atoms with Gasteiger partial charge in [-0.2, -0.15) is 0 Å². The second-order valence-electron chi connectivity index (χ2n) is 4.83. The first-order valence-corrected chi connectivity index (χ1v) is 6.39. The lowest BCUT2D eigenvalue weighted by Gasteiger charge is -2.29. The molecule has 1 unspecified atom stereocenters. The van der Waals surface area contributed by atoms with Crippen molar-refractivity contribution in [2.24, 2.45) is 0 Å². The van der Waals surface area contributed by atoms with Crippen molar-refractivity contribution >= 4 is 0 Å². The van der Waals surface area contributed by atoms with Crippen LogP contribution in [0.4, 0.5) is 4.39 Å². The Morgan fingerprint density at radius 1 is 1.41 bits per heavy atom. The molecule has 0 amide bonds. The molecule has 3 heteroatoms. The van der Waals surface area contributed by atoms with Gasteiger partial charge in [0, 0.05) is 6.54 Å². The molecule has 2 nitrogen and oxygen atoms in total. The quantitative estimate of drug-likeness (QED) is 0.868. The van der Waals surface area contributed by atoms with Gasteiger partial charge < -0.3 is 10.0 Å². The van der Waals surface area contributed by atoms with E-state index in [1.54, 1.807) is 12.1 Å². The fourth-order valence-corrected chi connectivity index (χ4v) is 2.43. The maximum absolute atomic E-state index is 13.0. The summed E-state index contributed by atoms with van der Waals surface area (Å²) in [5.74, 6) is -0.157. The van der Waals surface area contributed by atoms with Gasteiger partial charge in [0.2, 0.25) is 0 Å². The average molecular weight is 237 g/mol. The molecule has 1 fully saturated rings. The Kier molecular flexibility index (Phi) is 4.51. The molecule has 0 bridgehead atoms. The number of benzene rings is 1. The summed E-state index contributed by atoms with van der Waals surface area (Å²) < 4.78 is 13.0. The van der Waals surface area contributed by atoms with Crippen molar-refractivity contribution in [2.45, 2.75) is 31.8 Å². The van der Waals surface area contributed by atoms with Crippen molar-refractivity contribution in [3.05, 3.63) is 35.6 Å². The van der Waals surface area contributed by atoms with Gasteiger partial charge in [0.1, 0.15) is 5.82 Å². The first-order chi connectivity index (χ1) is 8.24. The predicted octanol–water partition coefficient (Wildman–Crippen LogP) is 2.21. The third kappa shape index (κ3) is 4.10. The van der Waals surface area contributed by atoms with Crippen LogP contribution in [0.25, 0.3) is 0 Å². The van der Waals surface area contributed by atoms with Crippen LogP contribution in [0.5, 0.6) is 0 Å². The van der Waals surface area contributed by atoms with Crippen LogP contribution in [0, 0.1) is 5.82 Å². The first-order valence-electron chi connectivity index (χ1n) is 6.39. The number of β-amino-alcohol motifs (C(OH)–C–C–N with tert-alkyl or cyclic N) is 1. The molecule has 1 aromatic rings. The van der Waals surface area contributed by atoms with Crippen LogP contribution in [-0.2, 0) is 6.42 Å². The Morgan fingerprint density at radius 2 is 2.29 bits per heavy atom. The van der Waals surface area contributed by atoms with Crippen LogP contribution in [0.1, 0.15) is 24.8 Å². The summed E-state index contributed by atoms with van der Waals surface area (Å²) in [7, 11) is 0. The molecule has 1 aliphatic heterocycles. The molecule has 0 aromatic heterocycles. The smallest absolute Gasteiger partial charge is 0.123 e. The van der Waals surface area contributed by atoms with E-state index in [2.05, 4.69) is 4.90 Å². The molecule has 1 heterocycles. The lowest BCUT2D eigenvalue weighted by molar-refractivity contribution is 0.0702. The van der Waals surface area contributed by atoms with Crippen LogP contribution < -0.4 is 0 Å². The van der Waals surface area contributed by atoms with Crippen LogP contribution in [0.3, 0.4) is 0 Å². The largest absolute Gasteiger partial charge is 0.392 e. The number of likely N-dealkylation sites (tertiary alicyclic amines) is 1. The molecular weight excluding hydrogens is 217 g/mol. The predicted molar refractivity (Wildman–Crippen MR) is 66.4 cm³/mol. The van der Waals surface area contributed by atoms with Crippen molar-refractivity contribution < 1.29 is 9.50 Å². The summed E-state index contributed by atoms with van der Waals surface area (Å²) in [5, 5.41) is 9.54. The zero-order valence-corrected chi connectivity index (χ0v) is 10.1. The number of hydrogen-bond acceptors (Lipinski definition) is 2. The van der Waals surface area contributed by atoms with Crippen LogP contribution in [-0.4, -0.2) is 35.7 Å². The van der Waals surface area contributed by atoms with Gasteiger partial charge in [0.25, 0.3) is 0 Å². The van der Waals surface area contributed by atoms with Gasteiger partial charge in [-0.15, -0.1) is 0 Å². The molecule has 2 rings (SSSR count). The van der Waals surface area contributed by atoms with E-state index in [1.165, 1.54) is 6.07 Å². The third-order valence-electron chi connectivity index (χ3n) is 3.31. The lowest BCUT2D eigenvalue weighted by Crippen LogP contribution is -2.38. The molecule has 0 spiro atoms. The molecular formula is C14H20FNO. The first kappa shape index (κ1) is 12.5. The summed E-state index contributed by atoms with van der Waals surface area (Å²) in [5.41, 5.74) is 1.06. The van der Waals surface area contributed by atoms with Gasteiger partial charge in [0.05, 0.1) is 6.10 Å². The fraction of sp³-hybridized carbons (Fsp3) is 0.571. The van der Waals surface area contributed by atoms with E-state index in [9.17, 15) is 9.50 Å². The number of hydrogen-bond donors (Lipinski definition) is 1. The van der Waals surface area contributed by atoms with Crippen LogP contribution in [0.15, 0.2) is 24.3 Å². The molecule has 1 saturated heterocycles. The van der Waals surface area contributed by atoms with Gasteiger partial charge in [-0.1, -0.05) is 12.1 Å². The minimum atomic E-state index is -0.157. The van der Waals surface area contributed by atoms with Gasteiger partial charge in [-0.3, -0.25) is 0 Å². The zero-order chi connectivity index (χ0) is 12.1. The molecule has 1 N–H and O–H groups in total. The summed E-state index contributed by atoms with van der Waals surface area (Å²) in [4.78, 5) is 2.30. The van der Waals surface area contributed by atoms with E-state index < -0.39 is 0 Å². The number of piperidine rings is 1. The number of nitrogens with zero attached hydrogens (tertiary/aromatic N) is 1. The Bertz CT molecular complexity index is 356. The second-order valence-corrected chi connectivity index (χ2v) is 4.83. The van der Waals surface area contributed by atoms with E-state index in [1.807, 2.05) is 6.07 Å². The van der Waals surface area contributed by atoms with Crippen molar-refractivity contribution in [3.8, 4) is 0 Å². The molecule has 1 aromatic carbocycles. The minimum Gasteiger partial charge on any atom is -0.392 e. The molecule has 0 aliphatic carbocycles. The number of aliphatic hydroxyl groups is 1. The van der Waals surface area contributed by atoms with Crippen molar-refractivity contribution in [1.82, 2.24) is 4.90 Å². The molecule has 94 valence electrons. The Balaban J connectivity index is 1.72. The summed E-state index contributed by atoms with van der Waals surface area (Å²) in [6.45, 7) is 2.87. The Hall–Kier alpha value is -0.930. The number of halogens is 1. The average Bonchev–Trinajstić information content (AvgIpc) is 2.29.